The third-order valence-corrected chi connectivity index (χ3v) is 5.27. The zero-order valence-corrected chi connectivity index (χ0v) is 11.7. The van der Waals surface area contributed by atoms with Crippen LogP contribution in [0.3, 0.4) is 0 Å². The van der Waals surface area contributed by atoms with Gasteiger partial charge in [0.15, 0.2) is 0 Å². The van der Waals surface area contributed by atoms with Crippen molar-refractivity contribution < 1.29 is 4.21 Å². The van der Waals surface area contributed by atoms with Crippen molar-refractivity contribution in [1.29, 1.82) is 0 Å². The molecule has 0 radical (unpaired) electrons. The van der Waals surface area contributed by atoms with Crippen LogP contribution in [0.2, 0.25) is 0 Å². The highest BCUT2D eigenvalue weighted by Crippen LogP contribution is 2.19. The van der Waals surface area contributed by atoms with E-state index in [2.05, 4.69) is 13.8 Å². The SMILES string of the molecule is CCC(C)CS(=O)C(C)C(N)c1ccccc1. The Morgan fingerprint density at radius 1 is 1.24 bits per heavy atom. The molecule has 96 valence electrons. The summed E-state index contributed by atoms with van der Waals surface area (Å²) < 4.78 is 12.2. The number of rotatable bonds is 6. The van der Waals surface area contributed by atoms with Crippen LogP contribution in [0.1, 0.15) is 38.8 Å². The zero-order chi connectivity index (χ0) is 12.8. The zero-order valence-electron chi connectivity index (χ0n) is 10.9. The van der Waals surface area contributed by atoms with E-state index in [1.807, 2.05) is 37.3 Å². The highest BCUT2D eigenvalue weighted by Gasteiger charge is 2.21. The van der Waals surface area contributed by atoms with Crippen LogP contribution < -0.4 is 5.73 Å². The molecule has 0 saturated carbocycles. The molecule has 0 heterocycles. The molecule has 0 spiro atoms. The van der Waals surface area contributed by atoms with Gasteiger partial charge < -0.3 is 5.73 Å². The minimum Gasteiger partial charge on any atom is -0.323 e. The van der Waals surface area contributed by atoms with Gasteiger partial charge in [0.25, 0.3) is 0 Å². The molecule has 0 aromatic heterocycles. The quantitative estimate of drug-likeness (QED) is 0.847. The first-order valence-electron chi connectivity index (χ1n) is 6.24. The average molecular weight is 253 g/mol. The minimum atomic E-state index is -0.850. The Hall–Kier alpha value is -0.670. The first-order chi connectivity index (χ1) is 8.06. The second kappa shape index (κ2) is 6.92. The van der Waals surface area contributed by atoms with Crippen molar-refractivity contribution in [3.63, 3.8) is 0 Å². The van der Waals surface area contributed by atoms with Crippen molar-refractivity contribution in [3.8, 4) is 0 Å². The van der Waals surface area contributed by atoms with Crippen molar-refractivity contribution in [3.05, 3.63) is 35.9 Å². The number of hydrogen-bond acceptors (Lipinski definition) is 2. The van der Waals surface area contributed by atoms with E-state index in [0.29, 0.717) is 5.92 Å². The third kappa shape index (κ3) is 4.25. The minimum absolute atomic E-state index is 0.00593. The lowest BCUT2D eigenvalue weighted by atomic mass is 10.1. The summed E-state index contributed by atoms with van der Waals surface area (Å²) in [6.45, 7) is 6.25. The van der Waals surface area contributed by atoms with Gasteiger partial charge in [-0.05, 0) is 18.4 Å². The maximum atomic E-state index is 12.2. The summed E-state index contributed by atoms with van der Waals surface area (Å²) in [6.07, 6.45) is 1.07. The molecule has 0 fully saturated rings. The molecule has 0 amide bonds. The normalized spacial score (nSPS) is 18.4. The van der Waals surface area contributed by atoms with Crippen LogP contribution in [0, 0.1) is 5.92 Å². The second-order valence-corrected chi connectivity index (χ2v) is 6.54. The summed E-state index contributed by atoms with van der Waals surface area (Å²) >= 11 is 0. The van der Waals surface area contributed by atoms with Crippen molar-refractivity contribution >= 4 is 10.8 Å². The summed E-state index contributed by atoms with van der Waals surface area (Å²) in [4.78, 5) is 0. The molecule has 0 aliphatic carbocycles. The fourth-order valence-electron chi connectivity index (χ4n) is 1.66. The largest absolute Gasteiger partial charge is 0.323 e. The Balaban J connectivity index is 2.63. The molecule has 0 aliphatic heterocycles. The number of benzene rings is 1. The topological polar surface area (TPSA) is 43.1 Å². The highest BCUT2D eigenvalue weighted by molar-refractivity contribution is 7.85. The molecule has 2 nitrogen and oxygen atoms in total. The fourth-order valence-corrected chi connectivity index (χ4v) is 3.24. The van der Waals surface area contributed by atoms with Gasteiger partial charge in [-0.1, -0.05) is 50.6 Å². The summed E-state index contributed by atoms with van der Waals surface area (Å²) in [5.74, 6) is 1.25. The van der Waals surface area contributed by atoms with Gasteiger partial charge in [0, 0.05) is 22.6 Å². The lowest BCUT2D eigenvalue weighted by Crippen LogP contribution is -2.30. The van der Waals surface area contributed by atoms with E-state index in [1.54, 1.807) is 0 Å². The van der Waals surface area contributed by atoms with E-state index in [4.69, 9.17) is 5.73 Å². The maximum Gasteiger partial charge on any atom is 0.0512 e. The van der Waals surface area contributed by atoms with E-state index in [0.717, 1.165) is 17.7 Å². The van der Waals surface area contributed by atoms with Crippen LogP contribution >= 0.6 is 0 Å². The van der Waals surface area contributed by atoms with Gasteiger partial charge in [-0.25, -0.2) is 0 Å². The molecular weight excluding hydrogens is 230 g/mol. The van der Waals surface area contributed by atoms with Gasteiger partial charge in [0.1, 0.15) is 0 Å². The molecule has 4 atom stereocenters. The van der Waals surface area contributed by atoms with Gasteiger partial charge in [-0.15, -0.1) is 0 Å². The van der Waals surface area contributed by atoms with Gasteiger partial charge in [0.05, 0.1) is 5.25 Å². The summed E-state index contributed by atoms with van der Waals surface area (Å²) in [5, 5.41) is 0.00593. The van der Waals surface area contributed by atoms with Crippen LogP contribution in [0.4, 0.5) is 0 Å². The standard InChI is InChI=1S/C14H23NOS/c1-4-11(2)10-17(16)12(3)14(15)13-8-6-5-7-9-13/h5-9,11-12,14H,4,10,15H2,1-3H3. The first-order valence-corrected chi connectivity index (χ1v) is 7.62. The maximum absolute atomic E-state index is 12.2. The van der Waals surface area contributed by atoms with Crippen molar-refractivity contribution in [2.45, 2.75) is 38.5 Å². The smallest absolute Gasteiger partial charge is 0.0512 e. The number of nitrogens with two attached hydrogens (primary N) is 1. The van der Waals surface area contributed by atoms with Crippen LogP contribution in [-0.2, 0) is 10.8 Å². The Bertz CT molecular complexity index is 352. The molecule has 3 heteroatoms. The monoisotopic (exact) mass is 253 g/mol. The third-order valence-electron chi connectivity index (χ3n) is 3.25. The van der Waals surface area contributed by atoms with Crippen LogP contribution in [0.25, 0.3) is 0 Å². The van der Waals surface area contributed by atoms with Gasteiger partial charge in [-0.3, -0.25) is 4.21 Å². The molecule has 0 bridgehead atoms. The summed E-state index contributed by atoms with van der Waals surface area (Å²) in [6, 6.07) is 9.78. The van der Waals surface area contributed by atoms with E-state index >= 15 is 0 Å². The van der Waals surface area contributed by atoms with E-state index in [1.165, 1.54) is 0 Å². The fraction of sp³-hybridized carbons (Fsp3) is 0.571. The van der Waals surface area contributed by atoms with Gasteiger partial charge in [-0.2, -0.15) is 0 Å². The van der Waals surface area contributed by atoms with Crippen molar-refractivity contribution in [2.24, 2.45) is 11.7 Å². The Morgan fingerprint density at radius 2 is 1.82 bits per heavy atom. The summed E-state index contributed by atoms with van der Waals surface area (Å²) in [5.41, 5.74) is 7.23. The molecule has 2 N–H and O–H groups in total. The number of hydrogen-bond donors (Lipinski definition) is 1. The lowest BCUT2D eigenvalue weighted by molar-refractivity contribution is 0.599. The molecule has 0 saturated heterocycles. The Morgan fingerprint density at radius 3 is 2.35 bits per heavy atom. The predicted molar refractivity (Wildman–Crippen MR) is 75.3 cm³/mol. The van der Waals surface area contributed by atoms with Gasteiger partial charge >= 0.3 is 0 Å². The van der Waals surface area contributed by atoms with Gasteiger partial charge in [0.2, 0.25) is 0 Å². The predicted octanol–water partition coefficient (Wildman–Crippen LogP) is 2.87. The molecule has 4 unspecified atom stereocenters. The van der Waals surface area contributed by atoms with Crippen LogP contribution in [0.15, 0.2) is 30.3 Å². The van der Waals surface area contributed by atoms with Crippen molar-refractivity contribution in [1.82, 2.24) is 0 Å². The van der Waals surface area contributed by atoms with E-state index in [9.17, 15) is 4.21 Å². The molecule has 17 heavy (non-hydrogen) atoms. The molecule has 1 aromatic carbocycles. The molecular formula is C14H23NOS. The van der Waals surface area contributed by atoms with Crippen molar-refractivity contribution in [2.75, 3.05) is 5.75 Å². The second-order valence-electron chi connectivity index (χ2n) is 4.70. The Labute approximate surface area is 107 Å². The first kappa shape index (κ1) is 14.4. The van der Waals surface area contributed by atoms with E-state index in [-0.39, 0.29) is 11.3 Å². The summed E-state index contributed by atoms with van der Waals surface area (Å²) in [7, 11) is -0.850. The lowest BCUT2D eigenvalue weighted by Gasteiger charge is -2.21. The van der Waals surface area contributed by atoms with Crippen LogP contribution in [0.5, 0.6) is 0 Å². The molecule has 0 aliphatic rings. The van der Waals surface area contributed by atoms with Crippen LogP contribution in [-0.4, -0.2) is 15.2 Å². The Kier molecular flexibility index (Phi) is 5.86. The molecule has 1 rings (SSSR count). The highest BCUT2D eigenvalue weighted by atomic mass is 32.2. The van der Waals surface area contributed by atoms with E-state index < -0.39 is 10.8 Å². The average Bonchev–Trinajstić information content (AvgIpc) is 2.37. The molecule has 1 aromatic rings.